The molecule has 0 N–H and O–H groups in total. The average Bonchev–Trinajstić information content (AvgIpc) is 3.24. The van der Waals surface area contributed by atoms with Crippen molar-refractivity contribution in [3.05, 3.63) is 63.6 Å². The van der Waals surface area contributed by atoms with Crippen LogP contribution in [0.5, 0.6) is 0 Å². The summed E-state index contributed by atoms with van der Waals surface area (Å²) in [6.45, 7) is 0. The van der Waals surface area contributed by atoms with E-state index < -0.39 is 21.0 Å². The fraction of sp³-hybridized carbons (Fsp3) is 0.188. The molecule has 2 aromatic carbocycles. The molecule has 1 fully saturated rings. The van der Waals surface area contributed by atoms with Gasteiger partial charge in [-0.15, -0.1) is 0 Å². The van der Waals surface area contributed by atoms with Crippen molar-refractivity contribution in [1.29, 1.82) is 0 Å². The lowest BCUT2D eigenvalue weighted by Gasteiger charge is -2.04. The monoisotopic (exact) mass is 398 g/mol. The Morgan fingerprint density at radius 2 is 1.59 bits per heavy atom. The highest BCUT2D eigenvalue weighted by atomic mass is 79.9. The number of halogens is 2. The standard InChI is InChI=1S/C16H12BrClO3S/c17-11-3-1-10(2-4-11)15-14(9-19)16(15)22(20,21)13-7-5-12(18)6-8-13/h1-9,14-16H/t14-,15-,16-/m1/s1. The normalized spacial score (nSPS) is 24.0. The quantitative estimate of drug-likeness (QED) is 0.734. The summed E-state index contributed by atoms with van der Waals surface area (Å²) in [4.78, 5) is 11.5. The molecule has 1 saturated carbocycles. The molecule has 0 aliphatic heterocycles. The molecule has 0 amide bonds. The summed E-state index contributed by atoms with van der Waals surface area (Å²) < 4.78 is 26.3. The minimum Gasteiger partial charge on any atom is -0.303 e. The van der Waals surface area contributed by atoms with Gasteiger partial charge in [-0.05, 0) is 42.0 Å². The van der Waals surface area contributed by atoms with E-state index >= 15 is 0 Å². The van der Waals surface area contributed by atoms with E-state index in [4.69, 9.17) is 11.6 Å². The molecule has 1 aliphatic carbocycles. The van der Waals surface area contributed by atoms with E-state index in [1.165, 1.54) is 12.1 Å². The second-order valence-corrected chi connectivity index (χ2v) is 8.71. The number of rotatable bonds is 4. The van der Waals surface area contributed by atoms with Gasteiger partial charge in [0.25, 0.3) is 0 Å². The Kier molecular flexibility index (Phi) is 4.14. The van der Waals surface area contributed by atoms with Crippen LogP contribution in [0, 0.1) is 5.92 Å². The third kappa shape index (κ3) is 2.73. The number of hydrogen-bond donors (Lipinski definition) is 0. The maximum Gasteiger partial charge on any atom is 0.182 e. The first-order valence-electron chi connectivity index (χ1n) is 6.65. The van der Waals surface area contributed by atoms with Crippen molar-refractivity contribution in [3.63, 3.8) is 0 Å². The molecule has 0 unspecified atom stereocenters. The number of benzene rings is 2. The molecule has 22 heavy (non-hydrogen) atoms. The molecule has 0 saturated heterocycles. The van der Waals surface area contributed by atoms with Gasteiger partial charge in [0.15, 0.2) is 9.84 Å². The summed E-state index contributed by atoms with van der Waals surface area (Å²) in [5.41, 5.74) is 0.864. The largest absolute Gasteiger partial charge is 0.303 e. The predicted octanol–water partition coefficient (Wildman–Crippen LogP) is 3.86. The molecule has 1 aliphatic rings. The summed E-state index contributed by atoms with van der Waals surface area (Å²) in [6, 6.07) is 13.4. The highest BCUT2D eigenvalue weighted by Gasteiger charge is 2.58. The van der Waals surface area contributed by atoms with Gasteiger partial charge in [0.2, 0.25) is 0 Å². The van der Waals surface area contributed by atoms with Gasteiger partial charge >= 0.3 is 0 Å². The van der Waals surface area contributed by atoms with Gasteiger partial charge < -0.3 is 4.79 Å². The van der Waals surface area contributed by atoms with Crippen molar-refractivity contribution in [2.75, 3.05) is 0 Å². The number of hydrogen-bond acceptors (Lipinski definition) is 3. The van der Waals surface area contributed by atoms with Gasteiger partial charge in [-0.1, -0.05) is 39.7 Å². The smallest absolute Gasteiger partial charge is 0.182 e. The lowest BCUT2D eigenvalue weighted by Crippen LogP contribution is -2.11. The van der Waals surface area contributed by atoms with E-state index in [1.807, 2.05) is 24.3 Å². The maximum atomic E-state index is 12.7. The molecule has 3 atom stereocenters. The fourth-order valence-corrected chi connectivity index (χ4v) is 5.25. The van der Waals surface area contributed by atoms with Crippen LogP contribution < -0.4 is 0 Å². The van der Waals surface area contributed by atoms with E-state index in [2.05, 4.69) is 15.9 Å². The van der Waals surface area contributed by atoms with E-state index in [0.29, 0.717) is 5.02 Å². The second-order valence-electron chi connectivity index (χ2n) is 5.25. The SMILES string of the molecule is O=C[C@@H]1[C@@H](c2ccc(Br)cc2)[C@@H]1S(=O)(=O)c1ccc(Cl)cc1. The van der Waals surface area contributed by atoms with Gasteiger partial charge in [0, 0.05) is 21.3 Å². The van der Waals surface area contributed by atoms with Crippen molar-refractivity contribution >= 4 is 43.7 Å². The first kappa shape index (κ1) is 15.7. The number of sulfone groups is 1. The molecule has 0 aromatic heterocycles. The summed E-state index contributed by atoms with van der Waals surface area (Å²) in [5, 5.41) is -0.224. The summed E-state index contributed by atoms with van der Waals surface area (Å²) >= 11 is 9.14. The molecule has 0 bridgehead atoms. The van der Waals surface area contributed by atoms with Gasteiger partial charge in [0.05, 0.1) is 10.1 Å². The highest BCUT2D eigenvalue weighted by Crippen LogP contribution is 2.52. The van der Waals surface area contributed by atoms with Crippen LogP contribution in [0.3, 0.4) is 0 Å². The molecule has 0 spiro atoms. The van der Waals surface area contributed by atoms with Gasteiger partial charge in [-0.2, -0.15) is 0 Å². The molecular weight excluding hydrogens is 388 g/mol. The maximum absolute atomic E-state index is 12.7. The van der Waals surface area contributed by atoms with E-state index in [1.54, 1.807) is 12.1 Å². The minimum absolute atomic E-state index is 0.202. The lowest BCUT2D eigenvalue weighted by molar-refractivity contribution is -0.108. The van der Waals surface area contributed by atoms with Crippen LogP contribution in [-0.2, 0) is 14.6 Å². The summed E-state index contributed by atoms with van der Waals surface area (Å²) in [5.74, 6) is -0.784. The molecule has 2 aromatic rings. The van der Waals surface area contributed by atoms with Gasteiger partial charge in [-0.25, -0.2) is 8.42 Å². The molecule has 3 nitrogen and oxygen atoms in total. The topological polar surface area (TPSA) is 51.2 Å². The molecule has 114 valence electrons. The average molecular weight is 400 g/mol. The van der Waals surface area contributed by atoms with Crippen LogP contribution in [0.2, 0.25) is 5.02 Å². The lowest BCUT2D eigenvalue weighted by atomic mass is 10.1. The molecule has 6 heteroatoms. The number of carbonyl (C=O) groups is 1. The molecule has 3 rings (SSSR count). The Morgan fingerprint density at radius 1 is 1.00 bits per heavy atom. The molecular formula is C16H12BrClO3S. The first-order chi connectivity index (χ1) is 10.4. The second kappa shape index (κ2) is 5.80. The van der Waals surface area contributed by atoms with Crippen LogP contribution in [-0.4, -0.2) is 20.0 Å². The van der Waals surface area contributed by atoms with Crippen molar-refractivity contribution < 1.29 is 13.2 Å². The zero-order valence-electron chi connectivity index (χ0n) is 11.3. The Balaban J connectivity index is 1.95. The third-order valence-corrected chi connectivity index (χ3v) is 6.95. The predicted molar refractivity (Wildman–Crippen MR) is 88.9 cm³/mol. The fourth-order valence-electron chi connectivity index (χ4n) is 2.75. The van der Waals surface area contributed by atoms with E-state index in [9.17, 15) is 13.2 Å². The van der Waals surface area contributed by atoms with Crippen molar-refractivity contribution in [1.82, 2.24) is 0 Å². The van der Waals surface area contributed by atoms with Crippen molar-refractivity contribution in [2.24, 2.45) is 5.92 Å². The zero-order chi connectivity index (χ0) is 15.9. The minimum atomic E-state index is -3.55. The number of carbonyl (C=O) groups excluding carboxylic acids is 1. The van der Waals surface area contributed by atoms with Crippen molar-refractivity contribution in [2.45, 2.75) is 16.1 Å². The van der Waals surface area contributed by atoms with E-state index in [-0.39, 0.29) is 10.8 Å². The van der Waals surface area contributed by atoms with Gasteiger partial charge in [-0.3, -0.25) is 0 Å². The van der Waals surface area contributed by atoms with Crippen molar-refractivity contribution in [3.8, 4) is 0 Å². The molecule has 0 radical (unpaired) electrons. The highest BCUT2D eigenvalue weighted by molar-refractivity contribution is 9.10. The zero-order valence-corrected chi connectivity index (χ0v) is 14.5. The summed E-state index contributed by atoms with van der Waals surface area (Å²) in [6.07, 6.45) is 0.741. The van der Waals surface area contributed by atoms with Crippen LogP contribution in [0.15, 0.2) is 57.9 Å². The number of aldehydes is 1. The van der Waals surface area contributed by atoms with Crippen LogP contribution >= 0.6 is 27.5 Å². The van der Waals surface area contributed by atoms with Crippen LogP contribution in [0.1, 0.15) is 11.5 Å². The molecule has 0 heterocycles. The Bertz CT molecular complexity index is 800. The summed E-state index contributed by atoms with van der Waals surface area (Å²) in [7, 11) is -3.55. The van der Waals surface area contributed by atoms with Crippen LogP contribution in [0.25, 0.3) is 0 Å². The third-order valence-electron chi connectivity index (χ3n) is 3.92. The first-order valence-corrected chi connectivity index (χ1v) is 9.37. The Morgan fingerprint density at radius 3 is 2.14 bits per heavy atom. The Labute approximate surface area is 142 Å². The van der Waals surface area contributed by atoms with Gasteiger partial charge in [0.1, 0.15) is 6.29 Å². The van der Waals surface area contributed by atoms with E-state index in [0.717, 1.165) is 16.3 Å². The Hall–Kier alpha value is -1.17. The van der Waals surface area contributed by atoms with Crippen LogP contribution in [0.4, 0.5) is 0 Å².